The van der Waals surface area contributed by atoms with Crippen LogP contribution in [0.2, 0.25) is 0 Å². The van der Waals surface area contributed by atoms with E-state index in [9.17, 15) is 13.2 Å². The van der Waals surface area contributed by atoms with E-state index in [1.165, 1.54) is 12.1 Å². The van der Waals surface area contributed by atoms with Gasteiger partial charge in [-0.15, -0.1) is 0 Å². The van der Waals surface area contributed by atoms with Crippen molar-refractivity contribution >= 4 is 17.2 Å². The van der Waals surface area contributed by atoms with E-state index in [-0.39, 0.29) is 5.76 Å². The summed E-state index contributed by atoms with van der Waals surface area (Å²) in [5, 5.41) is 7.26. The largest absolute Gasteiger partial charge is 0.455 e. The minimum atomic E-state index is -4.35. The average molecular weight is 213 g/mol. The summed E-state index contributed by atoms with van der Waals surface area (Å²) in [7, 11) is 0. The summed E-state index contributed by atoms with van der Waals surface area (Å²) in [6.45, 7) is 0. The molecular formula is C10H6F3NO. The minimum Gasteiger partial charge on any atom is -0.455 e. The number of hydrogen-bond acceptors (Lipinski definition) is 2. The smallest absolute Gasteiger partial charge is 0.416 e. The van der Waals surface area contributed by atoms with Crippen molar-refractivity contribution in [2.24, 2.45) is 0 Å². The van der Waals surface area contributed by atoms with Gasteiger partial charge in [-0.25, -0.2) is 0 Å². The fourth-order valence-electron chi connectivity index (χ4n) is 1.31. The molecule has 2 rings (SSSR count). The second-order valence-corrected chi connectivity index (χ2v) is 3.04. The van der Waals surface area contributed by atoms with E-state index in [0.717, 1.165) is 18.3 Å². The lowest BCUT2D eigenvalue weighted by molar-refractivity contribution is -0.137. The molecule has 1 heterocycles. The Morgan fingerprint density at radius 1 is 1.20 bits per heavy atom. The van der Waals surface area contributed by atoms with Gasteiger partial charge in [-0.1, -0.05) is 0 Å². The van der Waals surface area contributed by atoms with Gasteiger partial charge in [0, 0.05) is 5.39 Å². The van der Waals surface area contributed by atoms with Gasteiger partial charge in [-0.3, -0.25) is 0 Å². The van der Waals surface area contributed by atoms with Gasteiger partial charge >= 0.3 is 6.18 Å². The van der Waals surface area contributed by atoms with E-state index in [0.29, 0.717) is 11.0 Å². The van der Waals surface area contributed by atoms with Crippen LogP contribution < -0.4 is 0 Å². The van der Waals surface area contributed by atoms with Crippen LogP contribution in [-0.4, -0.2) is 6.21 Å². The van der Waals surface area contributed by atoms with Gasteiger partial charge in [0.2, 0.25) is 0 Å². The third-order valence-corrected chi connectivity index (χ3v) is 2.00. The molecule has 2 nitrogen and oxygen atoms in total. The molecule has 1 N–H and O–H groups in total. The number of furan rings is 1. The van der Waals surface area contributed by atoms with Gasteiger partial charge in [-0.05, 0) is 24.3 Å². The van der Waals surface area contributed by atoms with E-state index in [4.69, 9.17) is 9.83 Å². The molecule has 0 fully saturated rings. The van der Waals surface area contributed by atoms with Crippen LogP contribution in [0.4, 0.5) is 13.2 Å². The molecule has 1 aromatic carbocycles. The third-order valence-electron chi connectivity index (χ3n) is 2.00. The lowest BCUT2D eigenvalue weighted by Crippen LogP contribution is -2.03. The molecule has 0 spiro atoms. The van der Waals surface area contributed by atoms with Crippen molar-refractivity contribution in [1.29, 1.82) is 5.41 Å². The van der Waals surface area contributed by atoms with Crippen LogP contribution in [0.5, 0.6) is 0 Å². The summed E-state index contributed by atoms with van der Waals surface area (Å²) in [5.74, 6) is 0.240. The lowest BCUT2D eigenvalue weighted by atomic mass is 10.1. The molecule has 0 aliphatic carbocycles. The average Bonchev–Trinajstić information content (AvgIpc) is 2.57. The molecule has 2 aromatic rings. The molecule has 0 amide bonds. The maximum atomic E-state index is 12.3. The monoisotopic (exact) mass is 213 g/mol. The predicted molar refractivity (Wildman–Crippen MR) is 49.1 cm³/mol. The standard InChI is InChI=1S/C10H6F3NO/c11-10(12,13)7-1-2-9-6(3-7)4-8(5-14)15-9/h1-5,14H. The lowest BCUT2D eigenvalue weighted by Gasteiger charge is -2.04. The molecule has 0 aliphatic rings. The van der Waals surface area contributed by atoms with Crippen molar-refractivity contribution in [3.63, 3.8) is 0 Å². The Morgan fingerprint density at radius 3 is 2.53 bits per heavy atom. The SMILES string of the molecule is N=Cc1cc2cc(C(F)(F)F)ccc2o1. The minimum absolute atomic E-state index is 0.240. The predicted octanol–water partition coefficient (Wildman–Crippen LogP) is 3.45. The Morgan fingerprint density at radius 2 is 1.93 bits per heavy atom. The Kier molecular flexibility index (Phi) is 2.03. The maximum Gasteiger partial charge on any atom is 0.416 e. The summed E-state index contributed by atoms with van der Waals surface area (Å²) in [5.41, 5.74) is -0.367. The van der Waals surface area contributed by atoms with E-state index in [1.54, 1.807) is 0 Å². The Labute approximate surface area is 82.8 Å². The highest BCUT2D eigenvalue weighted by Gasteiger charge is 2.30. The first-order valence-corrected chi connectivity index (χ1v) is 4.12. The van der Waals surface area contributed by atoms with E-state index in [2.05, 4.69) is 0 Å². The Bertz CT molecular complexity index is 513. The van der Waals surface area contributed by atoms with Gasteiger partial charge in [-0.2, -0.15) is 13.2 Å². The molecule has 0 saturated carbocycles. The third kappa shape index (κ3) is 1.72. The van der Waals surface area contributed by atoms with E-state index in [1.807, 2.05) is 0 Å². The molecular weight excluding hydrogens is 207 g/mol. The van der Waals surface area contributed by atoms with Gasteiger partial charge in [0.25, 0.3) is 0 Å². The Hall–Kier alpha value is -1.78. The summed E-state index contributed by atoms with van der Waals surface area (Å²) < 4.78 is 42.1. The van der Waals surface area contributed by atoms with E-state index < -0.39 is 11.7 Å². The topological polar surface area (TPSA) is 37.0 Å². The van der Waals surface area contributed by atoms with Gasteiger partial charge in [0.05, 0.1) is 11.8 Å². The first-order chi connectivity index (χ1) is 7.00. The quantitative estimate of drug-likeness (QED) is 0.723. The van der Waals surface area contributed by atoms with Crippen molar-refractivity contribution in [2.75, 3.05) is 0 Å². The van der Waals surface area contributed by atoms with Crippen LogP contribution in [0.3, 0.4) is 0 Å². The summed E-state index contributed by atoms with van der Waals surface area (Å²) in [6.07, 6.45) is -3.40. The summed E-state index contributed by atoms with van der Waals surface area (Å²) in [4.78, 5) is 0. The van der Waals surface area contributed by atoms with Crippen LogP contribution in [0.1, 0.15) is 11.3 Å². The number of fused-ring (bicyclic) bond motifs is 1. The van der Waals surface area contributed by atoms with Crippen molar-refractivity contribution in [2.45, 2.75) is 6.18 Å². The number of benzene rings is 1. The molecule has 1 aromatic heterocycles. The van der Waals surface area contributed by atoms with Crippen LogP contribution in [0, 0.1) is 5.41 Å². The molecule has 0 aliphatic heterocycles. The number of halogens is 3. The highest BCUT2D eigenvalue weighted by molar-refractivity contribution is 5.86. The molecule has 0 radical (unpaired) electrons. The fourth-order valence-corrected chi connectivity index (χ4v) is 1.31. The molecule has 15 heavy (non-hydrogen) atoms. The first kappa shape index (κ1) is 9.76. The number of nitrogens with one attached hydrogen (secondary N) is 1. The fraction of sp³-hybridized carbons (Fsp3) is 0.100. The molecule has 0 saturated heterocycles. The molecule has 0 bridgehead atoms. The summed E-state index contributed by atoms with van der Waals surface area (Å²) >= 11 is 0. The summed E-state index contributed by atoms with van der Waals surface area (Å²) in [6, 6.07) is 4.62. The van der Waals surface area contributed by atoms with Crippen LogP contribution >= 0.6 is 0 Å². The van der Waals surface area contributed by atoms with Crippen LogP contribution in [0.15, 0.2) is 28.7 Å². The number of rotatable bonds is 1. The van der Waals surface area contributed by atoms with Crippen molar-refractivity contribution in [1.82, 2.24) is 0 Å². The number of alkyl halides is 3. The van der Waals surface area contributed by atoms with Gasteiger partial charge in [0.1, 0.15) is 11.3 Å². The molecule has 0 atom stereocenters. The second-order valence-electron chi connectivity index (χ2n) is 3.04. The highest BCUT2D eigenvalue weighted by atomic mass is 19.4. The van der Waals surface area contributed by atoms with Crippen molar-refractivity contribution in [3.05, 3.63) is 35.6 Å². The van der Waals surface area contributed by atoms with Gasteiger partial charge in [0.15, 0.2) is 0 Å². The molecule has 0 unspecified atom stereocenters. The molecule has 78 valence electrons. The van der Waals surface area contributed by atoms with E-state index >= 15 is 0 Å². The maximum absolute atomic E-state index is 12.3. The normalized spacial score (nSPS) is 11.9. The van der Waals surface area contributed by atoms with Crippen LogP contribution in [-0.2, 0) is 6.18 Å². The zero-order valence-electron chi connectivity index (χ0n) is 7.43. The zero-order valence-corrected chi connectivity index (χ0v) is 7.43. The highest BCUT2D eigenvalue weighted by Crippen LogP contribution is 2.32. The first-order valence-electron chi connectivity index (χ1n) is 4.12. The van der Waals surface area contributed by atoms with Crippen LogP contribution in [0.25, 0.3) is 11.0 Å². The van der Waals surface area contributed by atoms with Crippen molar-refractivity contribution < 1.29 is 17.6 Å². The second kappa shape index (κ2) is 3.12. The Balaban J connectivity index is 2.60. The van der Waals surface area contributed by atoms with Gasteiger partial charge < -0.3 is 9.83 Å². The zero-order chi connectivity index (χ0) is 11.1. The molecule has 5 heteroatoms. The van der Waals surface area contributed by atoms with Crippen molar-refractivity contribution in [3.8, 4) is 0 Å². The number of hydrogen-bond donors (Lipinski definition) is 1.